The van der Waals surface area contributed by atoms with Crippen LogP contribution in [-0.4, -0.2) is 36.7 Å². The van der Waals surface area contributed by atoms with E-state index in [2.05, 4.69) is 31.5 Å². The van der Waals surface area contributed by atoms with Gasteiger partial charge in [-0.3, -0.25) is 25.8 Å². The van der Waals surface area contributed by atoms with Gasteiger partial charge >= 0.3 is 0 Å². The molecule has 5 N–H and O–H groups in total. The molecular formula is C22H17ClN8O2S. The smallest absolute Gasteiger partial charge is 0.294 e. The van der Waals surface area contributed by atoms with E-state index in [-0.39, 0.29) is 16.6 Å². The molecule has 0 saturated heterocycles. The van der Waals surface area contributed by atoms with Gasteiger partial charge in [-0.05, 0) is 29.9 Å². The molecular weight excluding hydrogens is 476 g/mol. The number of thiocarbonyl (C=S) groups is 1. The molecule has 0 fully saturated rings. The number of hydrogen-bond acceptors (Lipinski definition) is 7. The summed E-state index contributed by atoms with van der Waals surface area (Å²) >= 11 is 11.1. The van der Waals surface area contributed by atoms with Crippen molar-refractivity contribution in [2.45, 2.75) is 0 Å². The quantitative estimate of drug-likeness (QED) is 0.193. The summed E-state index contributed by atoms with van der Waals surface area (Å²) in [6.45, 7) is 0. The molecule has 2 heterocycles. The van der Waals surface area contributed by atoms with Crippen LogP contribution in [0.4, 0.5) is 5.82 Å². The zero-order chi connectivity index (χ0) is 24.1. The van der Waals surface area contributed by atoms with Gasteiger partial charge in [-0.1, -0.05) is 60.1 Å². The third kappa shape index (κ3) is 5.17. The van der Waals surface area contributed by atoms with Crippen LogP contribution in [0.15, 0.2) is 66.7 Å². The van der Waals surface area contributed by atoms with Crippen LogP contribution in [0, 0.1) is 0 Å². The zero-order valence-electron chi connectivity index (χ0n) is 17.4. The van der Waals surface area contributed by atoms with Gasteiger partial charge in [-0.25, -0.2) is 0 Å². The first-order valence-corrected chi connectivity index (χ1v) is 10.6. The largest absolute Gasteiger partial charge is 0.382 e. The summed E-state index contributed by atoms with van der Waals surface area (Å²) in [7, 11) is 0. The van der Waals surface area contributed by atoms with Gasteiger partial charge in [0.2, 0.25) is 5.91 Å². The Kier molecular flexibility index (Phi) is 6.76. The number of carbonyl (C=O) groups is 2. The first-order valence-electron chi connectivity index (χ1n) is 9.83. The minimum Gasteiger partial charge on any atom is -0.382 e. The van der Waals surface area contributed by atoms with Gasteiger partial charge in [-0.15, -0.1) is 10.2 Å². The molecule has 4 rings (SSSR count). The predicted molar refractivity (Wildman–Crippen MR) is 132 cm³/mol. The fourth-order valence-electron chi connectivity index (χ4n) is 2.92. The Bertz CT molecular complexity index is 1420. The molecule has 2 amide bonds. The topological polar surface area (TPSA) is 139 Å². The maximum Gasteiger partial charge on any atom is 0.294 e. The Morgan fingerprint density at radius 2 is 1.76 bits per heavy atom. The fraction of sp³-hybridized carbons (Fsp3) is 0. The lowest BCUT2D eigenvalue weighted by Crippen LogP contribution is -2.48. The molecule has 12 heteroatoms. The first kappa shape index (κ1) is 22.8. The number of nitrogens with one attached hydrogen (secondary N) is 3. The molecule has 0 aliphatic heterocycles. The molecule has 0 bridgehead atoms. The Hall–Kier alpha value is -4.35. The molecule has 34 heavy (non-hydrogen) atoms. The Balaban J connectivity index is 1.38. The van der Waals surface area contributed by atoms with Gasteiger partial charge in [0, 0.05) is 22.7 Å². The molecule has 0 aliphatic rings. The number of aromatic nitrogens is 4. The minimum atomic E-state index is -0.716. The second-order valence-corrected chi connectivity index (χ2v) is 7.67. The molecule has 10 nitrogen and oxygen atoms in total. The number of halogens is 1. The van der Waals surface area contributed by atoms with E-state index in [0.717, 1.165) is 5.56 Å². The monoisotopic (exact) mass is 492 g/mol. The molecule has 0 spiro atoms. The van der Waals surface area contributed by atoms with Gasteiger partial charge < -0.3 is 5.73 Å². The number of nitrogens with two attached hydrogens (primary N) is 1. The number of nitrogen functional groups attached to an aromatic ring is 1. The van der Waals surface area contributed by atoms with Crippen molar-refractivity contribution in [2.24, 2.45) is 0 Å². The van der Waals surface area contributed by atoms with Crippen LogP contribution in [-0.2, 0) is 4.79 Å². The van der Waals surface area contributed by atoms with E-state index >= 15 is 0 Å². The second-order valence-electron chi connectivity index (χ2n) is 6.85. The molecule has 4 aromatic rings. The van der Waals surface area contributed by atoms with Gasteiger partial charge in [0.15, 0.2) is 22.3 Å². The number of hydrogen-bond donors (Lipinski definition) is 4. The van der Waals surface area contributed by atoms with Gasteiger partial charge in [-0.2, -0.15) is 9.61 Å². The lowest BCUT2D eigenvalue weighted by molar-refractivity contribution is -0.115. The van der Waals surface area contributed by atoms with Crippen molar-refractivity contribution >= 4 is 58.3 Å². The van der Waals surface area contributed by atoms with E-state index in [0.29, 0.717) is 21.9 Å². The van der Waals surface area contributed by atoms with Crippen LogP contribution >= 0.6 is 23.8 Å². The van der Waals surface area contributed by atoms with E-state index < -0.39 is 11.8 Å². The fourth-order valence-corrected chi connectivity index (χ4v) is 3.27. The number of carbonyl (C=O) groups excluding carboxylic acids is 2. The standard InChI is InChI=1S/C22H17ClN8O2S/c23-15-9-5-4-6-13(15)10-11-18(32)25-22(34)29-28-21(33)19-20(24)31-17(26-27-19)12-16(30-31)14-7-2-1-3-8-14/h1-12H,24H2,(H,28,33)(H2,25,29,32,34)/b11-10+. The average molecular weight is 493 g/mol. The highest BCUT2D eigenvalue weighted by molar-refractivity contribution is 7.80. The highest BCUT2D eigenvalue weighted by Gasteiger charge is 2.18. The van der Waals surface area contributed by atoms with Gasteiger partial charge in [0.1, 0.15) is 0 Å². The summed E-state index contributed by atoms with van der Waals surface area (Å²) in [4.78, 5) is 24.6. The van der Waals surface area contributed by atoms with E-state index in [9.17, 15) is 9.59 Å². The predicted octanol–water partition coefficient (Wildman–Crippen LogP) is 2.38. The van der Waals surface area contributed by atoms with Crippen molar-refractivity contribution in [1.82, 2.24) is 36.0 Å². The van der Waals surface area contributed by atoms with Crippen molar-refractivity contribution in [3.05, 3.63) is 83.0 Å². The van der Waals surface area contributed by atoms with E-state index in [4.69, 9.17) is 29.6 Å². The molecule has 0 aliphatic carbocycles. The van der Waals surface area contributed by atoms with Crippen LogP contribution < -0.4 is 21.9 Å². The molecule has 0 unspecified atom stereocenters. The average Bonchev–Trinajstić information content (AvgIpc) is 3.28. The SMILES string of the molecule is Nc1c(C(=O)NNC(=S)NC(=O)/C=C/c2ccccc2Cl)nnc2cc(-c3ccccc3)nn12. The number of anilines is 1. The third-order valence-electron chi connectivity index (χ3n) is 4.54. The first-order chi connectivity index (χ1) is 16.4. The Labute approximate surface area is 203 Å². The summed E-state index contributed by atoms with van der Waals surface area (Å²) in [5.74, 6) is -1.24. The summed E-state index contributed by atoms with van der Waals surface area (Å²) < 4.78 is 1.32. The van der Waals surface area contributed by atoms with Crippen LogP contribution in [0.25, 0.3) is 23.0 Å². The lowest BCUT2D eigenvalue weighted by atomic mass is 10.2. The third-order valence-corrected chi connectivity index (χ3v) is 5.09. The maximum absolute atomic E-state index is 12.5. The lowest BCUT2D eigenvalue weighted by Gasteiger charge is -2.10. The number of hydrazine groups is 1. The minimum absolute atomic E-state index is 0.0101. The number of amides is 2. The summed E-state index contributed by atoms with van der Waals surface area (Å²) in [6, 6.07) is 18.2. The molecule has 2 aromatic carbocycles. The summed E-state index contributed by atoms with van der Waals surface area (Å²) in [5, 5.41) is 15.0. The Morgan fingerprint density at radius 1 is 1.03 bits per heavy atom. The van der Waals surface area contributed by atoms with Crippen LogP contribution in [0.2, 0.25) is 5.02 Å². The highest BCUT2D eigenvalue weighted by atomic mass is 35.5. The van der Waals surface area contributed by atoms with Crippen molar-refractivity contribution in [3.8, 4) is 11.3 Å². The molecule has 170 valence electrons. The van der Waals surface area contributed by atoms with Crippen molar-refractivity contribution in [1.29, 1.82) is 0 Å². The number of nitrogens with zero attached hydrogens (tertiary/aromatic N) is 4. The van der Waals surface area contributed by atoms with E-state index in [1.807, 2.05) is 30.3 Å². The Morgan fingerprint density at radius 3 is 2.53 bits per heavy atom. The second kappa shape index (κ2) is 10.1. The normalized spacial score (nSPS) is 10.9. The van der Waals surface area contributed by atoms with Gasteiger partial charge in [0.05, 0.1) is 5.69 Å². The zero-order valence-corrected chi connectivity index (χ0v) is 19.0. The molecule has 0 saturated carbocycles. The van der Waals surface area contributed by atoms with E-state index in [1.165, 1.54) is 16.7 Å². The van der Waals surface area contributed by atoms with Crippen LogP contribution in [0.1, 0.15) is 16.1 Å². The number of fused-ring (bicyclic) bond motifs is 1. The molecule has 0 atom stereocenters. The maximum atomic E-state index is 12.5. The van der Waals surface area contributed by atoms with Crippen LogP contribution in [0.3, 0.4) is 0 Å². The summed E-state index contributed by atoms with van der Waals surface area (Å²) in [6.07, 6.45) is 2.80. The highest BCUT2D eigenvalue weighted by Crippen LogP contribution is 2.20. The van der Waals surface area contributed by atoms with Crippen molar-refractivity contribution in [2.75, 3.05) is 5.73 Å². The summed E-state index contributed by atoms with van der Waals surface area (Å²) in [5.41, 5.74) is 13.2. The van der Waals surface area contributed by atoms with Crippen molar-refractivity contribution < 1.29 is 9.59 Å². The van der Waals surface area contributed by atoms with Crippen molar-refractivity contribution in [3.63, 3.8) is 0 Å². The number of benzene rings is 2. The molecule has 2 aromatic heterocycles. The van der Waals surface area contributed by atoms with E-state index in [1.54, 1.807) is 30.3 Å². The number of rotatable bonds is 4. The van der Waals surface area contributed by atoms with Crippen LogP contribution in [0.5, 0.6) is 0 Å². The van der Waals surface area contributed by atoms with Gasteiger partial charge in [0.25, 0.3) is 5.91 Å². The molecule has 0 radical (unpaired) electrons.